The summed E-state index contributed by atoms with van der Waals surface area (Å²) in [6.07, 6.45) is 0. The third-order valence-corrected chi connectivity index (χ3v) is 4.92. The Labute approximate surface area is 139 Å². The van der Waals surface area contributed by atoms with Crippen molar-refractivity contribution in [3.63, 3.8) is 0 Å². The third kappa shape index (κ3) is 2.94. The Morgan fingerprint density at radius 3 is 2.70 bits per heavy atom. The summed E-state index contributed by atoms with van der Waals surface area (Å²) in [6.45, 7) is 0. The van der Waals surface area contributed by atoms with Gasteiger partial charge in [0.05, 0.1) is 25.7 Å². The van der Waals surface area contributed by atoms with Crippen molar-refractivity contribution in [1.82, 2.24) is 0 Å². The number of anilines is 2. The molecule has 0 saturated carbocycles. The zero-order valence-corrected chi connectivity index (χ0v) is 13.8. The fraction of sp³-hybridized carbons (Fsp3) is 0.235. The summed E-state index contributed by atoms with van der Waals surface area (Å²) < 4.78 is 10.7. The van der Waals surface area contributed by atoms with Crippen molar-refractivity contribution in [2.45, 2.75) is 5.37 Å². The third-order valence-electron chi connectivity index (χ3n) is 3.71. The highest BCUT2D eigenvalue weighted by Crippen LogP contribution is 2.45. The van der Waals surface area contributed by atoms with Gasteiger partial charge in [0.2, 0.25) is 5.91 Å². The Morgan fingerprint density at radius 2 is 2.00 bits per heavy atom. The Balaban J connectivity index is 2.04. The van der Waals surface area contributed by atoms with Gasteiger partial charge >= 0.3 is 0 Å². The number of thioether (sulfide) groups is 1. The van der Waals surface area contributed by atoms with Gasteiger partial charge in [-0.3, -0.25) is 9.69 Å². The number of carbonyl (C=O) groups excluding carboxylic acids is 1. The molecule has 0 spiro atoms. The van der Waals surface area contributed by atoms with E-state index >= 15 is 0 Å². The van der Waals surface area contributed by atoms with Gasteiger partial charge in [-0.15, -0.1) is 11.8 Å². The lowest BCUT2D eigenvalue weighted by molar-refractivity contribution is -0.115. The molecule has 1 fully saturated rings. The normalized spacial score (nSPS) is 17.4. The van der Waals surface area contributed by atoms with Crippen LogP contribution < -0.4 is 20.1 Å². The molecular formula is C17H18N2O3S. The summed E-state index contributed by atoms with van der Waals surface area (Å²) in [5, 5.41) is -0.117. The van der Waals surface area contributed by atoms with Crippen LogP contribution in [0.3, 0.4) is 0 Å². The first-order valence-electron chi connectivity index (χ1n) is 7.15. The second kappa shape index (κ2) is 6.42. The number of nitrogens with two attached hydrogens (primary N) is 1. The average Bonchev–Trinajstić information content (AvgIpc) is 2.95. The number of methoxy groups -OCH3 is 2. The number of amides is 1. The van der Waals surface area contributed by atoms with Gasteiger partial charge in [-0.1, -0.05) is 12.1 Å². The highest BCUT2D eigenvalue weighted by atomic mass is 32.2. The molecular weight excluding hydrogens is 312 g/mol. The number of ether oxygens (including phenoxy) is 2. The van der Waals surface area contributed by atoms with Crippen molar-refractivity contribution in [2.24, 2.45) is 0 Å². The molecule has 2 aromatic carbocycles. The maximum atomic E-state index is 12.5. The average molecular weight is 330 g/mol. The van der Waals surface area contributed by atoms with E-state index in [-0.39, 0.29) is 11.3 Å². The molecule has 0 unspecified atom stereocenters. The Morgan fingerprint density at radius 1 is 1.17 bits per heavy atom. The van der Waals surface area contributed by atoms with Crippen LogP contribution in [-0.2, 0) is 4.79 Å². The van der Waals surface area contributed by atoms with Crippen LogP contribution in [0.4, 0.5) is 11.4 Å². The minimum atomic E-state index is -0.117. The molecule has 0 aliphatic carbocycles. The molecule has 1 aliphatic rings. The van der Waals surface area contributed by atoms with Gasteiger partial charge in [0.15, 0.2) is 0 Å². The SMILES string of the molecule is COc1ccc(N2C(=O)CS[C@@H]2c2cccc(N)c2)c(OC)c1. The minimum absolute atomic E-state index is 0.0471. The number of benzene rings is 2. The van der Waals surface area contributed by atoms with E-state index in [1.165, 1.54) is 0 Å². The number of nitrogen functional groups attached to an aromatic ring is 1. The molecule has 1 amide bonds. The standard InChI is InChI=1S/C17H18N2O3S/c1-21-13-6-7-14(15(9-13)22-2)19-16(20)10-23-17(19)11-4-3-5-12(18)8-11/h3-9,17H,10,18H2,1-2H3/t17-/m1/s1. The van der Waals surface area contributed by atoms with Gasteiger partial charge in [-0.2, -0.15) is 0 Å². The van der Waals surface area contributed by atoms with Crippen LogP contribution in [0.5, 0.6) is 11.5 Å². The van der Waals surface area contributed by atoms with Crippen LogP contribution in [0.1, 0.15) is 10.9 Å². The second-order valence-electron chi connectivity index (χ2n) is 5.14. The first-order chi connectivity index (χ1) is 11.1. The van der Waals surface area contributed by atoms with E-state index < -0.39 is 0 Å². The fourth-order valence-electron chi connectivity index (χ4n) is 2.63. The van der Waals surface area contributed by atoms with E-state index in [0.717, 1.165) is 11.3 Å². The van der Waals surface area contributed by atoms with Crippen LogP contribution in [0.25, 0.3) is 0 Å². The predicted molar refractivity (Wildman–Crippen MR) is 93.1 cm³/mol. The van der Waals surface area contributed by atoms with Crippen LogP contribution in [0.15, 0.2) is 42.5 Å². The molecule has 120 valence electrons. The number of rotatable bonds is 4. The van der Waals surface area contributed by atoms with E-state index in [0.29, 0.717) is 22.9 Å². The molecule has 1 aliphatic heterocycles. The van der Waals surface area contributed by atoms with Gasteiger partial charge in [0, 0.05) is 11.8 Å². The van der Waals surface area contributed by atoms with Crippen LogP contribution in [-0.4, -0.2) is 25.9 Å². The van der Waals surface area contributed by atoms with Crippen molar-refractivity contribution in [3.8, 4) is 11.5 Å². The van der Waals surface area contributed by atoms with Crippen molar-refractivity contribution < 1.29 is 14.3 Å². The molecule has 2 aromatic rings. The lowest BCUT2D eigenvalue weighted by atomic mass is 10.1. The van der Waals surface area contributed by atoms with Gasteiger partial charge in [-0.25, -0.2) is 0 Å². The van der Waals surface area contributed by atoms with E-state index in [4.69, 9.17) is 15.2 Å². The molecule has 1 atom stereocenters. The van der Waals surface area contributed by atoms with Gasteiger partial charge in [0.25, 0.3) is 0 Å². The number of carbonyl (C=O) groups is 1. The molecule has 1 saturated heterocycles. The van der Waals surface area contributed by atoms with Crippen molar-refractivity contribution in [2.75, 3.05) is 30.6 Å². The quantitative estimate of drug-likeness (QED) is 0.873. The van der Waals surface area contributed by atoms with E-state index in [1.54, 1.807) is 36.9 Å². The maximum absolute atomic E-state index is 12.5. The molecule has 5 nitrogen and oxygen atoms in total. The monoisotopic (exact) mass is 330 g/mol. The Hall–Kier alpha value is -2.34. The summed E-state index contributed by atoms with van der Waals surface area (Å²) in [5.74, 6) is 1.76. The summed E-state index contributed by atoms with van der Waals surface area (Å²) in [6, 6.07) is 13.1. The lowest BCUT2D eigenvalue weighted by Gasteiger charge is -2.26. The Kier molecular flexibility index (Phi) is 4.34. The zero-order chi connectivity index (χ0) is 16.4. The molecule has 0 aromatic heterocycles. The van der Waals surface area contributed by atoms with E-state index in [9.17, 15) is 4.79 Å². The van der Waals surface area contributed by atoms with Crippen molar-refractivity contribution >= 4 is 29.0 Å². The topological polar surface area (TPSA) is 64.8 Å². The fourth-order valence-corrected chi connectivity index (χ4v) is 3.79. The summed E-state index contributed by atoms with van der Waals surface area (Å²) in [5.41, 5.74) is 8.30. The van der Waals surface area contributed by atoms with Crippen molar-refractivity contribution in [1.29, 1.82) is 0 Å². The van der Waals surface area contributed by atoms with Crippen LogP contribution in [0, 0.1) is 0 Å². The van der Waals surface area contributed by atoms with Crippen molar-refractivity contribution in [3.05, 3.63) is 48.0 Å². The van der Waals surface area contributed by atoms with Gasteiger partial charge in [-0.05, 0) is 29.8 Å². The lowest BCUT2D eigenvalue weighted by Crippen LogP contribution is -2.28. The Bertz CT molecular complexity index is 736. The maximum Gasteiger partial charge on any atom is 0.238 e. The molecule has 6 heteroatoms. The molecule has 1 heterocycles. The zero-order valence-electron chi connectivity index (χ0n) is 13.0. The van der Waals surface area contributed by atoms with Crippen LogP contribution >= 0.6 is 11.8 Å². The summed E-state index contributed by atoms with van der Waals surface area (Å²) in [7, 11) is 3.18. The minimum Gasteiger partial charge on any atom is -0.497 e. The highest BCUT2D eigenvalue weighted by Gasteiger charge is 2.35. The smallest absolute Gasteiger partial charge is 0.238 e. The molecule has 3 rings (SSSR count). The first-order valence-corrected chi connectivity index (χ1v) is 8.20. The number of nitrogens with zero attached hydrogens (tertiary/aromatic N) is 1. The largest absolute Gasteiger partial charge is 0.497 e. The molecule has 0 bridgehead atoms. The highest BCUT2D eigenvalue weighted by molar-refractivity contribution is 8.00. The molecule has 0 radical (unpaired) electrons. The molecule has 23 heavy (non-hydrogen) atoms. The number of hydrogen-bond acceptors (Lipinski definition) is 5. The predicted octanol–water partition coefficient (Wildman–Crippen LogP) is 3.06. The van der Waals surface area contributed by atoms with Crippen LogP contribution in [0.2, 0.25) is 0 Å². The van der Waals surface area contributed by atoms with Gasteiger partial charge in [0.1, 0.15) is 16.9 Å². The van der Waals surface area contributed by atoms with E-state index in [1.807, 2.05) is 36.4 Å². The summed E-state index contributed by atoms with van der Waals surface area (Å²) >= 11 is 1.58. The number of hydrogen-bond donors (Lipinski definition) is 1. The second-order valence-corrected chi connectivity index (χ2v) is 6.20. The van der Waals surface area contributed by atoms with Gasteiger partial charge < -0.3 is 15.2 Å². The first kappa shape index (κ1) is 15.6. The molecule has 2 N–H and O–H groups in total. The summed E-state index contributed by atoms with van der Waals surface area (Å²) in [4.78, 5) is 14.2. The van der Waals surface area contributed by atoms with E-state index in [2.05, 4.69) is 0 Å².